The number of carbonyl (C=O) groups is 1. The third-order valence-corrected chi connectivity index (χ3v) is 5.36. The number of nitrogens with one attached hydrogen (secondary N) is 1. The van der Waals surface area contributed by atoms with Gasteiger partial charge in [0, 0.05) is 23.0 Å². The van der Waals surface area contributed by atoms with Crippen LogP contribution in [0, 0.1) is 12.7 Å². The number of para-hydroxylation sites is 1. The van der Waals surface area contributed by atoms with Gasteiger partial charge in [-0.1, -0.05) is 29.5 Å². The van der Waals surface area contributed by atoms with Gasteiger partial charge in [0.1, 0.15) is 23.9 Å². The summed E-state index contributed by atoms with van der Waals surface area (Å²) in [4.78, 5) is 17.3. The van der Waals surface area contributed by atoms with Crippen molar-refractivity contribution >= 4 is 22.4 Å². The predicted molar refractivity (Wildman–Crippen MR) is 120 cm³/mol. The number of aryl methyl sites for hydroxylation is 1. The molecule has 4 rings (SSSR count). The number of halogens is 1. The highest BCUT2D eigenvalue weighted by Crippen LogP contribution is 2.33. The third kappa shape index (κ3) is 4.89. The van der Waals surface area contributed by atoms with Crippen LogP contribution < -0.4 is 14.8 Å². The molecule has 0 saturated heterocycles. The molecule has 0 aliphatic heterocycles. The van der Waals surface area contributed by atoms with Gasteiger partial charge in [-0.15, -0.1) is 10.2 Å². The molecule has 7 nitrogen and oxygen atoms in total. The van der Waals surface area contributed by atoms with Gasteiger partial charge in [0.05, 0.1) is 12.7 Å². The van der Waals surface area contributed by atoms with Crippen molar-refractivity contribution in [2.45, 2.75) is 13.5 Å². The molecule has 4 aromatic rings. The zero-order valence-electron chi connectivity index (χ0n) is 17.3. The van der Waals surface area contributed by atoms with E-state index in [1.54, 1.807) is 7.11 Å². The summed E-state index contributed by atoms with van der Waals surface area (Å²) >= 11 is 1.19. The normalized spacial score (nSPS) is 10.6. The number of hydrogen-bond donors (Lipinski definition) is 1. The van der Waals surface area contributed by atoms with Crippen LogP contribution in [0.1, 0.15) is 21.1 Å². The van der Waals surface area contributed by atoms with Crippen molar-refractivity contribution in [3.8, 4) is 22.6 Å². The summed E-state index contributed by atoms with van der Waals surface area (Å²) in [5.74, 6) is 0.472. The minimum Gasteiger partial charge on any atom is -0.496 e. The number of benzene rings is 2. The summed E-state index contributed by atoms with van der Waals surface area (Å²) in [6.45, 7) is 2.01. The predicted octanol–water partition coefficient (Wildman–Crippen LogP) is 4.89. The fourth-order valence-corrected chi connectivity index (χ4v) is 3.68. The van der Waals surface area contributed by atoms with E-state index in [2.05, 4.69) is 20.5 Å². The Kier molecular flexibility index (Phi) is 6.37. The SMILES string of the molecule is COc1ccccc1-c1cc(C)ncc1C(=O)Nc1nnc(COc2ccc(F)cc2)s1. The lowest BCUT2D eigenvalue weighted by Gasteiger charge is -2.13. The molecule has 162 valence electrons. The molecule has 0 saturated carbocycles. The van der Waals surface area contributed by atoms with Crippen LogP contribution in [0.15, 0.2) is 60.8 Å². The second kappa shape index (κ2) is 9.52. The molecule has 9 heteroatoms. The average molecular weight is 450 g/mol. The number of anilines is 1. The minimum atomic E-state index is -0.361. The summed E-state index contributed by atoms with van der Waals surface area (Å²) in [6.07, 6.45) is 1.53. The fourth-order valence-electron chi connectivity index (χ4n) is 3.03. The summed E-state index contributed by atoms with van der Waals surface area (Å²) in [5.41, 5.74) is 2.66. The van der Waals surface area contributed by atoms with E-state index in [1.165, 1.54) is 41.8 Å². The second-order valence-electron chi connectivity index (χ2n) is 6.77. The monoisotopic (exact) mass is 450 g/mol. The van der Waals surface area contributed by atoms with Gasteiger partial charge in [-0.05, 0) is 43.3 Å². The van der Waals surface area contributed by atoms with Gasteiger partial charge in [0.25, 0.3) is 5.91 Å². The van der Waals surface area contributed by atoms with Gasteiger partial charge in [0.15, 0.2) is 5.01 Å². The van der Waals surface area contributed by atoms with Crippen molar-refractivity contribution in [1.82, 2.24) is 15.2 Å². The number of ether oxygens (including phenoxy) is 2. The zero-order valence-corrected chi connectivity index (χ0v) is 18.1. The van der Waals surface area contributed by atoms with E-state index < -0.39 is 0 Å². The Labute approximate surface area is 187 Å². The van der Waals surface area contributed by atoms with E-state index in [0.717, 1.165) is 11.3 Å². The molecular weight excluding hydrogens is 431 g/mol. The first kappa shape index (κ1) is 21.4. The van der Waals surface area contributed by atoms with Gasteiger partial charge >= 0.3 is 0 Å². The number of nitrogens with zero attached hydrogens (tertiary/aromatic N) is 3. The quantitative estimate of drug-likeness (QED) is 0.432. The fraction of sp³-hybridized carbons (Fsp3) is 0.130. The van der Waals surface area contributed by atoms with E-state index in [9.17, 15) is 9.18 Å². The molecule has 0 atom stereocenters. The smallest absolute Gasteiger partial charge is 0.259 e. The van der Waals surface area contributed by atoms with Crippen LogP contribution in [0.3, 0.4) is 0 Å². The van der Waals surface area contributed by atoms with E-state index >= 15 is 0 Å². The Bertz CT molecular complexity index is 1240. The van der Waals surface area contributed by atoms with Gasteiger partial charge in [-0.2, -0.15) is 0 Å². The van der Waals surface area contributed by atoms with Crippen LogP contribution in [0.2, 0.25) is 0 Å². The van der Waals surface area contributed by atoms with Gasteiger partial charge in [-0.25, -0.2) is 4.39 Å². The molecule has 2 aromatic carbocycles. The number of pyridine rings is 1. The summed E-state index contributed by atoms with van der Waals surface area (Å²) in [7, 11) is 1.59. The molecule has 0 unspecified atom stereocenters. The highest BCUT2D eigenvalue weighted by Gasteiger charge is 2.18. The number of amides is 1. The molecule has 0 fully saturated rings. The van der Waals surface area contributed by atoms with Crippen molar-refractivity contribution in [3.63, 3.8) is 0 Å². The Morgan fingerprint density at radius 1 is 1.09 bits per heavy atom. The van der Waals surface area contributed by atoms with Crippen LogP contribution in [0.25, 0.3) is 11.1 Å². The van der Waals surface area contributed by atoms with E-state index in [0.29, 0.717) is 32.8 Å². The number of hydrogen-bond acceptors (Lipinski definition) is 7. The maximum absolute atomic E-state index is 13.0. The van der Waals surface area contributed by atoms with Crippen LogP contribution in [0.5, 0.6) is 11.5 Å². The highest BCUT2D eigenvalue weighted by atomic mass is 32.1. The first-order valence-electron chi connectivity index (χ1n) is 9.65. The first-order valence-corrected chi connectivity index (χ1v) is 10.5. The number of aromatic nitrogens is 3. The van der Waals surface area contributed by atoms with Crippen molar-refractivity contribution in [2.24, 2.45) is 0 Å². The topological polar surface area (TPSA) is 86.2 Å². The maximum Gasteiger partial charge on any atom is 0.259 e. The Balaban J connectivity index is 1.51. The van der Waals surface area contributed by atoms with Crippen LogP contribution in [-0.2, 0) is 6.61 Å². The van der Waals surface area contributed by atoms with E-state index in [1.807, 2.05) is 37.3 Å². The molecule has 0 aliphatic rings. The molecule has 1 N–H and O–H groups in total. The lowest BCUT2D eigenvalue weighted by Crippen LogP contribution is -2.14. The van der Waals surface area contributed by atoms with E-state index in [-0.39, 0.29) is 18.3 Å². The number of rotatable bonds is 7. The summed E-state index contributed by atoms with van der Waals surface area (Å²) in [5, 5.41) is 11.7. The standard InChI is InChI=1S/C23H19FN4O3S/c1-14-11-18(17-5-3-4-6-20(17)30-2)19(12-25-14)22(29)26-23-28-27-21(32-23)13-31-16-9-7-15(24)8-10-16/h3-12H,13H2,1-2H3,(H,26,28,29). The van der Waals surface area contributed by atoms with Crippen LogP contribution >= 0.6 is 11.3 Å². The van der Waals surface area contributed by atoms with Gasteiger partial charge < -0.3 is 9.47 Å². The molecular formula is C23H19FN4O3S. The molecule has 0 radical (unpaired) electrons. The lowest BCUT2D eigenvalue weighted by atomic mass is 9.99. The zero-order chi connectivity index (χ0) is 22.5. The molecule has 32 heavy (non-hydrogen) atoms. The second-order valence-corrected chi connectivity index (χ2v) is 7.83. The maximum atomic E-state index is 13.0. The highest BCUT2D eigenvalue weighted by molar-refractivity contribution is 7.15. The average Bonchev–Trinajstić information content (AvgIpc) is 3.25. The molecule has 1 amide bonds. The van der Waals surface area contributed by atoms with Crippen molar-refractivity contribution in [3.05, 3.63) is 82.9 Å². The number of carbonyl (C=O) groups excluding carboxylic acids is 1. The Morgan fingerprint density at radius 3 is 2.66 bits per heavy atom. The van der Waals surface area contributed by atoms with Crippen molar-refractivity contribution in [2.75, 3.05) is 12.4 Å². The lowest BCUT2D eigenvalue weighted by molar-refractivity contribution is 0.102. The van der Waals surface area contributed by atoms with E-state index in [4.69, 9.17) is 9.47 Å². The van der Waals surface area contributed by atoms with Crippen molar-refractivity contribution < 1.29 is 18.7 Å². The summed E-state index contributed by atoms with van der Waals surface area (Å²) < 4.78 is 24.0. The van der Waals surface area contributed by atoms with Crippen LogP contribution in [-0.4, -0.2) is 28.2 Å². The van der Waals surface area contributed by atoms with Gasteiger partial charge in [-0.3, -0.25) is 15.1 Å². The first-order chi connectivity index (χ1) is 15.5. The van der Waals surface area contributed by atoms with Crippen LogP contribution in [0.4, 0.5) is 9.52 Å². The summed E-state index contributed by atoms with van der Waals surface area (Å²) in [6, 6.07) is 15.0. The molecule has 2 aromatic heterocycles. The molecule has 0 spiro atoms. The Hall–Kier alpha value is -3.85. The van der Waals surface area contributed by atoms with Gasteiger partial charge in [0.2, 0.25) is 5.13 Å². The largest absolute Gasteiger partial charge is 0.496 e. The van der Waals surface area contributed by atoms with Crippen molar-refractivity contribution in [1.29, 1.82) is 0 Å². The molecule has 2 heterocycles. The Morgan fingerprint density at radius 2 is 1.88 bits per heavy atom. The third-order valence-electron chi connectivity index (χ3n) is 4.55. The minimum absolute atomic E-state index is 0.151. The molecule has 0 aliphatic carbocycles. The molecule has 0 bridgehead atoms. The number of methoxy groups -OCH3 is 1.